The SMILES string of the molecule is CCCCCCCCCCCC(=O)[NH][Ti]([Cl])([Cl])([c]1cccc2c1Cc1ccccc1-2)[SiH](C)C. The van der Waals surface area contributed by atoms with Gasteiger partial charge in [0.05, 0.1) is 0 Å². The monoisotopic (exact) mass is 540 g/mol. The third-order valence-electron chi connectivity index (χ3n) is 7.23. The van der Waals surface area contributed by atoms with E-state index in [0.717, 1.165) is 23.1 Å². The Labute approximate surface area is 210 Å². The van der Waals surface area contributed by atoms with Crippen molar-refractivity contribution in [3.05, 3.63) is 53.6 Å². The van der Waals surface area contributed by atoms with E-state index in [4.69, 9.17) is 18.6 Å². The summed E-state index contributed by atoms with van der Waals surface area (Å²) < 4.78 is 4.36. The van der Waals surface area contributed by atoms with Gasteiger partial charge in [-0.3, -0.25) is 0 Å². The van der Waals surface area contributed by atoms with E-state index in [0.29, 0.717) is 6.42 Å². The van der Waals surface area contributed by atoms with Crippen LogP contribution in [0.5, 0.6) is 0 Å². The third-order valence-corrected chi connectivity index (χ3v) is 37.3. The molecule has 2 aromatic carbocycles. The summed E-state index contributed by atoms with van der Waals surface area (Å²) in [6.45, 7) is 5.03. The van der Waals surface area contributed by atoms with Crippen LogP contribution in [0.1, 0.15) is 82.3 Å². The number of carbonyl (C=O) groups is 1. The zero-order chi connectivity index (χ0) is 23.9. The molecular formula is C27H40Cl2NOSiTi. The molecule has 181 valence electrons. The van der Waals surface area contributed by atoms with Gasteiger partial charge in [0.2, 0.25) is 0 Å². The van der Waals surface area contributed by atoms with E-state index in [2.05, 4.69) is 66.3 Å². The van der Waals surface area contributed by atoms with Crippen LogP contribution in [0.3, 0.4) is 0 Å². The Morgan fingerprint density at radius 1 is 0.879 bits per heavy atom. The first kappa shape index (κ1) is 27.0. The number of halogens is 2. The fourth-order valence-corrected chi connectivity index (χ4v) is 17.4. The first-order valence-electron chi connectivity index (χ1n) is 12.9. The molecule has 1 N–H and O–H groups in total. The average molecular weight is 541 g/mol. The summed E-state index contributed by atoms with van der Waals surface area (Å²) in [6, 6.07) is 14.8. The van der Waals surface area contributed by atoms with Crippen LogP contribution < -0.4 is 7.67 Å². The van der Waals surface area contributed by atoms with E-state index in [1.54, 1.807) is 0 Å². The van der Waals surface area contributed by atoms with Gasteiger partial charge >= 0.3 is 205 Å². The molecule has 0 aliphatic heterocycles. The number of hydrogen-bond donors (Lipinski definition) is 1. The van der Waals surface area contributed by atoms with Gasteiger partial charge in [-0.05, 0) is 0 Å². The molecule has 6 heteroatoms. The molecule has 0 unspecified atom stereocenters. The van der Waals surface area contributed by atoms with Crippen LogP contribution in [0.15, 0.2) is 42.5 Å². The Morgan fingerprint density at radius 2 is 1.48 bits per heavy atom. The predicted octanol–water partition coefficient (Wildman–Crippen LogP) is 7.82. The summed E-state index contributed by atoms with van der Waals surface area (Å²) >= 11 is -4.43. The van der Waals surface area contributed by atoms with Crippen molar-refractivity contribution in [3.63, 3.8) is 0 Å². The van der Waals surface area contributed by atoms with Crippen molar-refractivity contribution >= 4 is 35.0 Å². The van der Waals surface area contributed by atoms with Gasteiger partial charge in [-0.15, -0.1) is 0 Å². The molecule has 0 heterocycles. The molecule has 3 rings (SSSR count). The van der Waals surface area contributed by atoms with Gasteiger partial charge in [-0.1, -0.05) is 6.92 Å². The topological polar surface area (TPSA) is 29.1 Å². The van der Waals surface area contributed by atoms with Crippen LogP contribution in [-0.4, -0.2) is 12.6 Å². The van der Waals surface area contributed by atoms with Crippen molar-refractivity contribution in [3.8, 4) is 11.1 Å². The van der Waals surface area contributed by atoms with Gasteiger partial charge in [0, 0.05) is 0 Å². The Hall–Kier alpha value is -0.579. The van der Waals surface area contributed by atoms with Gasteiger partial charge in [-0.25, -0.2) is 0 Å². The van der Waals surface area contributed by atoms with Gasteiger partial charge < -0.3 is 0 Å². The van der Waals surface area contributed by atoms with E-state index in [1.165, 1.54) is 67.2 Å². The van der Waals surface area contributed by atoms with Crippen molar-refractivity contribution < 1.29 is 17.5 Å². The second-order valence-electron chi connectivity index (χ2n) is 10.0. The van der Waals surface area contributed by atoms with Crippen LogP contribution in [0.25, 0.3) is 11.1 Å². The third kappa shape index (κ3) is 6.35. The maximum atomic E-state index is 13.1. The second kappa shape index (κ2) is 11.9. The summed E-state index contributed by atoms with van der Waals surface area (Å²) in [4.78, 5) is 13.1. The molecule has 0 aromatic heterocycles. The number of rotatable bonds is 13. The molecular weight excluding hydrogens is 501 g/mol. The summed E-state index contributed by atoms with van der Waals surface area (Å²) in [5.74, 6) is 0.0364. The van der Waals surface area contributed by atoms with Crippen molar-refractivity contribution in [1.82, 2.24) is 3.80 Å². The molecule has 0 spiro atoms. The van der Waals surface area contributed by atoms with E-state index < -0.39 is 19.4 Å². The quantitative estimate of drug-likeness (QED) is 0.174. The van der Waals surface area contributed by atoms with Crippen molar-refractivity contribution in [2.45, 2.75) is 90.6 Å². The molecule has 0 atom stereocenters. The number of nitrogens with one attached hydrogen (secondary N) is 1. The minimum atomic E-state index is -4.43. The molecule has 0 fully saturated rings. The van der Waals surface area contributed by atoms with Gasteiger partial charge in [-0.2, -0.15) is 0 Å². The number of amides is 1. The fourth-order valence-electron chi connectivity index (χ4n) is 5.02. The molecule has 1 amide bonds. The van der Waals surface area contributed by atoms with Crippen LogP contribution in [0, 0.1) is 0 Å². The Morgan fingerprint density at radius 3 is 2.15 bits per heavy atom. The first-order valence-corrected chi connectivity index (χ1v) is 24.3. The standard InChI is InChI=1S/C13H9.C12H25NO.C2H7Si.2ClH.Ti/c1-3-7-12-10(5-1)9-11-6-2-4-8-13(11)12;1-2-3-4-5-6-7-8-9-10-11-12(13)14;1-3-2;;;/h1-5,7-8H,9H2;2-11H2,1H3,(H2,13,14);3H,1-2H3;2*1H;/q;;;;;+3/p-3. The Balaban J connectivity index is 1.64. The molecule has 33 heavy (non-hydrogen) atoms. The molecule has 2 nitrogen and oxygen atoms in total. The fraction of sp³-hybridized carbons (Fsp3) is 0.519. The van der Waals surface area contributed by atoms with Crippen LogP contribution in [-0.2, 0) is 23.9 Å². The summed E-state index contributed by atoms with van der Waals surface area (Å²) in [7, 11) is 15.0. The van der Waals surface area contributed by atoms with E-state index >= 15 is 0 Å². The van der Waals surface area contributed by atoms with Crippen LogP contribution >= 0.6 is 18.6 Å². The summed E-state index contributed by atoms with van der Waals surface area (Å²) in [5.41, 5.74) is 5.03. The van der Waals surface area contributed by atoms with Crippen molar-refractivity contribution in [1.29, 1.82) is 0 Å². The van der Waals surface area contributed by atoms with Gasteiger partial charge in [0.15, 0.2) is 0 Å². The van der Waals surface area contributed by atoms with Crippen molar-refractivity contribution in [2.24, 2.45) is 0 Å². The molecule has 0 saturated carbocycles. The molecule has 0 saturated heterocycles. The van der Waals surface area contributed by atoms with Gasteiger partial charge in [0.25, 0.3) is 0 Å². The molecule has 0 radical (unpaired) electrons. The van der Waals surface area contributed by atoms with E-state index in [1.807, 2.05) is 0 Å². The molecule has 0 bridgehead atoms. The molecule has 1 aliphatic rings. The zero-order valence-electron chi connectivity index (χ0n) is 20.6. The molecule has 1 aliphatic carbocycles. The number of benzene rings is 2. The number of hydrogen-bond acceptors (Lipinski definition) is 1. The van der Waals surface area contributed by atoms with E-state index in [-0.39, 0.29) is 5.91 Å². The summed E-state index contributed by atoms with van der Waals surface area (Å²) in [5, 5.41) is 0. The minimum absolute atomic E-state index is 0.0364. The first-order chi connectivity index (χ1) is 15.8. The molecule has 2 aromatic rings. The zero-order valence-corrected chi connectivity index (χ0v) is 24.8. The normalized spacial score (nSPS) is 13.9. The van der Waals surface area contributed by atoms with Crippen molar-refractivity contribution in [2.75, 3.05) is 0 Å². The Bertz CT molecular complexity index is 963. The summed E-state index contributed by atoms with van der Waals surface area (Å²) in [6.07, 6.45) is 12.5. The average Bonchev–Trinajstić information content (AvgIpc) is 3.16. The number of carbonyl (C=O) groups excluding carboxylic acids is 1. The predicted molar refractivity (Wildman–Crippen MR) is 145 cm³/mol. The second-order valence-corrected chi connectivity index (χ2v) is 37.4. The number of fused-ring (bicyclic) bond motifs is 3. The Kier molecular flexibility index (Phi) is 9.75. The van der Waals surface area contributed by atoms with Crippen LogP contribution in [0.4, 0.5) is 0 Å². The van der Waals surface area contributed by atoms with Crippen LogP contribution in [0.2, 0.25) is 13.1 Å². The number of unbranched alkanes of at least 4 members (excludes halogenated alkanes) is 8. The maximum absolute atomic E-state index is 13.1. The van der Waals surface area contributed by atoms with E-state index in [9.17, 15) is 4.79 Å². The van der Waals surface area contributed by atoms with Gasteiger partial charge in [0.1, 0.15) is 0 Å².